The predicted molar refractivity (Wildman–Crippen MR) is 80.1 cm³/mol. The summed E-state index contributed by atoms with van der Waals surface area (Å²) in [6.07, 6.45) is 1.75. The summed E-state index contributed by atoms with van der Waals surface area (Å²) in [6, 6.07) is 15.3. The Morgan fingerprint density at radius 3 is 2.71 bits per heavy atom. The van der Waals surface area contributed by atoms with E-state index in [-0.39, 0.29) is 5.78 Å². The summed E-state index contributed by atoms with van der Waals surface area (Å²) in [5.74, 6) is 0.0375. The summed E-state index contributed by atoms with van der Waals surface area (Å²) in [5.41, 5.74) is 4.59. The number of benzene rings is 2. The highest BCUT2D eigenvalue weighted by Crippen LogP contribution is 2.23. The van der Waals surface area contributed by atoms with Gasteiger partial charge in [0.2, 0.25) is 0 Å². The Labute approximate surface area is 122 Å². The minimum atomic E-state index is 0.0375. The maximum Gasteiger partial charge on any atom is 0.193 e. The number of carbonyl (C=O) groups is 1. The van der Waals surface area contributed by atoms with Crippen LogP contribution in [0.3, 0.4) is 0 Å². The van der Waals surface area contributed by atoms with E-state index in [1.807, 2.05) is 48.5 Å². The molecule has 0 atom stereocenters. The van der Waals surface area contributed by atoms with Crippen molar-refractivity contribution < 1.29 is 9.53 Å². The number of ketones is 1. The fourth-order valence-electron chi connectivity index (χ4n) is 2.70. The first-order valence-electron chi connectivity index (χ1n) is 6.90. The van der Waals surface area contributed by atoms with E-state index in [1.165, 1.54) is 5.56 Å². The van der Waals surface area contributed by atoms with Crippen LogP contribution in [0.4, 0.5) is 0 Å². The van der Waals surface area contributed by atoms with Crippen molar-refractivity contribution in [3.05, 3.63) is 77.0 Å². The first-order valence-corrected chi connectivity index (χ1v) is 6.90. The Bertz CT molecular complexity index is 855. The molecular weight excluding hydrogens is 262 g/mol. The maximum atomic E-state index is 12.6. The van der Waals surface area contributed by atoms with Crippen LogP contribution in [0.15, 0.2) is 54.7 Å². The smallest absolute Gasteiger partial charge is 0.193 e. The standard InChI is InChI=1S/C18H13NO2/c20-18(13-3-4-15-10-21-11-16(15)9-13)14-5-6-17-12(8-14)2-1-7-19-17/h1-9H,10-11H2. The molecule has 0 bridgehead atoms. The third kappa shape index (κ3) is 2.12. The van der Waals surface area contributed by atoms with E-state index in [2.05, 4.69) is 4.98 Å². The fourth-order valence-corrected chi connectivity index (χ4v) is 2.70. The molecule has 21 heavy (non-hydrogen) atoms. The molecule has 0 unspecified atom stereocenters. The molecule has 2 aromatic carbocycles. The van der Waals surface area contributed by atoms with Crippen LogP contribution < -0.4 is 0 Å². The number of hydrogen-bond donors (Lipinski definition) is 0. The molecule has 0 saturated carbocycles. The normalized spacial score (nSPS) is 13.3. The van der Waals surface area contributed by atoms with Gasteiger partial charge in [-0.15, -0.1) is 0 Å². The van der Waals surface area contributed by atoms with Crippen LogP contribution in [-0.2, 0) is 18.0 Å². The van der Waals surface area contributed by atoms with Crippen molar-refractivity contribution in [2.24, 2.45) is 0 Å². The fraction of sp³-hybridized carbons (Fsp3) is 0.111. The van der Waals surface area contributed by atoms with Crippen molar-refractivity contribution in [1.29, 1.82) is 0 Å². The molecule has 3 heteroatoms. The molecule has 1 aliphatic rings. The van der Waals surface area contributed by atoms with E-state index >= 15 is 0 Å². The molecule has 1 aromatic heterocycles. The lowest BCUT2D eigenvalue weighted by atomic mass is 9.98. The number of hydrogen-bond acceptors (Lipinski definition) is 3. The quantitative estimate of drug-likeness (QED) is 0.672. The van der Waals surface area contributed by atoms with E-state index in [4.69, 9.17) is 4.74 Å². The van der Waals surface area contributed by atoms with E-state index in [1.54, 1.807) is 6.20 Å². The predicted octanol–water partition coefficient (Wildman–Crippen LogP) is 3.50. The number of pyridine rings is 1. The lowest BCUT2D eigenvalue weighted by Crippen LogP contribution is -2.02. The maximum absolute atomic E-state index is 12.6. The zero-order chi connectivity index (χ0) is 14.2. The molecule has 0 aliphatic carbocycles. The van der Waals surface area contributed by atoms with E-state index < -0.39 is 0 Å². The Kier molecular flexibility index (Phi) is 2.79. The molecule has 0 saturated heterocycles. The van der Waals surface area contributed by atoms with Gasteiger partial charge in [-0.1, -0.05) is 18.2 Å². The molecule has 0 spiro atoms. The Hall–Kier alpha value is -2.52. The third-order valence-electron chi connectivity index (χ3n) is 3.85. The van der Waals surface area contributed by atoms with Gasteiger partial charge in [0.15, 0.2) is 5.78 Å². The van der Waals surface area contributed by atoms with Crippen molar-refractivity contribution in [2.75, 3.05) is 0 Å². The minimum absolute atomic E-state index is 0.0375. The van der Waals surface area contributed by atoms with E-state index in [0.717, 1.165) is 16.5 Å². The first-order chi connectivity index (χ1) is 10.3. The number of nitrogens with zero attached hydrogens (tertiary/aromatic N) is 1. The molecule has 0 radical (unpaired) electrons. The van der Waals surface area contributed by atoms with Crippen LogP contribution in [0.2, 0.25) is 0 Å². The van der Waals surface area contributed by atoms with E-state index in [0.29, 0.717) is 24.3 Å². The second-order valence-corrected chi connectivity index (χ2v) is 5.22. The molecule has 3 aromatic rings. The Morgan fingerprint density at radius 1 is 0.952 bits per heavy atom. The van der Waals surface area contributed by atoms with Gasteiger partial charge in [0, 0.05) is 22.7 Å². The number of rotatable bonds is 2. The van der Waals surface area contributed by atoms with Gasteiger partial charge in [-0.2, -0.15) is 0 Å². The highest BCUT2D eigenvalue weighted by atomic mass is 16.5. The zero-order valence-corrected chi connectivity index (χ0v) is 11.4. The van der Waals surface area contributed by atoms with Crippen LogP contribution in [0.25, 0.3) is 10.9 Å². The lowest BCUT2D eigenvalue weighted by molar-refractivity contribution is 0.103. The van der Waals surface area contributed by atoms with Gasteiger partial charge in [0.25, 0.3) is 0 Å². The van der Waals surface area contributed by atoms with Gasteiger partial charge in [-0.25, -0.2) is 0 Å². The number of fused-ring (bicyclic) bond motifs is 2. The summed E-state index contributed by atoms with van der Waals surface area (Å²) in [7, 11) is 0. The summed E-state index contributed by atoms with van der Waals surface area (Å²) in [4.78, 5) is 16.9. The summed E-state index contributed by atoms with van der Waals surface area (Å²) >= 11 is 0. The second kappa shape index (κ2) is 4.79. The topological polar surface area (TPSA) is 39.2 Å². The van der Waals surface area contributed by atoms with Crippen LogP contribution in [0.1, 0.15) is 27.0 Å². The van der Waals surface area contributed by atoms with Crippen LogP contribution >= 0.6 is 0 Å². The average Bonchev–Trinajstić information content (AvgIpc) is 3.01. The largest absolute Gasteiger partial charge is 0.372 e. The second-order valence-electron chi connectivity index (χ2n) is 5.22. The number of carbonyl (C=O) groups excluding carboxylic acids is 1. The highest BCUT2D eigenvalue weighted by molar-refractivity contribution is 6.10. The molecule has 1 aliphatic heterocycles. The Morgan fingerprint density at radius 2 is 1.76 bits per heavy atom. The van der Waals surface area contributed by atoms with Gasteiger partial charge in [-0.3, -0.25) is 9.78 Å². The number of aromatic nitrogens is 1. The van der Waals surface area contributed by atoms with Crippen LogP contribution in [0.5, 0.6) is 0 Å². The highest BCUT2D eigenvalue weighted by Gasteiger charge is 2.15. The van der Waals surface area contributed by atoms with E-state index in [9.17, 15) is 4.79 Å². The van der Waals surface area contributed by atoms with Gasteiger partial charge < -0.3 is 4.74 Å². The molecule has 4 rings (SSSR count). The van der Waals surface area contributed by atoms with Crippen molar-refractivity contribution in [1.82, 2.24) is 4.98 Å². The molecular formula is C18H13NO2. The minimum Gasteiger partial charge on any atom is -0.372 e. The molecule has 0 N–H and O–H groups in total. The zero-order valence-electron chi connectivity index (χ0n) is 11.4. The molecule has 0 fully saturated rings. The van der Waals surface area contributed by atoms with Crippen LogP contribution in [0, 0.1) is 0 Å². The molecule has 0 amide bonds. The monoisotopic (exact) mass is 275 g/mol. The van der Waals surface area contributed by atoms with Gasteiger partial charge in [-0.05, 0) is 41.5 Å². The summed E-state index contributed by atoms with van der Waals surface area (Å²) in [5, 5.41) is 0.979. The van der Waals surface area contributed by atoms with Crippen molar-refractivity contribution >= 4 is 16.7 Å². The Balaban J connectivity index is 1.75. The van der Waals surface area contributed by atoms with Crippen molar-refractivity contribution in [2.45, 2.75) is 13.2 Å². The van der Waals surface area contributed by atoms with Crippen molar-refractivity contribution in [3.63, 3.8) is 0 Å². The average molecular weight is 275 g/mol. The molecule has 3 nitrogen and oxygen atoms in total. The third-order valence-corrected chi connectivity index (χ3v) is 3.85. The van der Waals surface area contributed by atoms with Gasteiger partial charge in [0.1, 0.15) is 0 Å². The number of ether oxygens (including phenoxy) is 1. The molecule has 2 heterocycles. The summed E-state index contributed by atoms with van der Waals surface area (Å²) in [6.45, 7) is 1.24. The van der Waals surface area contributed by atoms with Gasteiger partial charge >= 0.3 is 0 Å². The lowest BCUT2D eigenvalue weighted by Gasteiger charge is -2.05. The SMILES string of the molecule is O=C(c1ccc2c(c1)COC2)c1ccc2ncccc2c1. The van der Waals surface area contributed by atoms with Gasteiger partial charge in [0.05, 0.1) is 18.7 Å². The van der Waals surface area contributed by atoms with Crippen molar-refractivity contribution in [3.8, 4) is 0 Å². The first kappa shape index (κ1) is 12.2. The summed E-state index contributed by atoms with van der Waals surface area (Å²) < 4.78 is 5.39. The molecule has 102 valence electrons. The van der Waals surface area contributed by atoms with Crippen LogP contribution in [-0.4, -0.2) is 10.8 Å².